The minimum absolute atomic E-state index is 0.183. The predicted molar refractivity (Wildman–Crippen MR) is 82.0 cm³/mol. The van der Waals surface area contributed by atoms with Crippen molar-refractivity contribution in [2.24, 2.45) is 5.73 Å². The summed E-state index contributed by atoms with van der Waals surface area (Å²) in [6, 6.07) is 9.54. The van der Waals surface area contributed by atoms with Gasteiger partial charge in [0.1, 0.15) is 10.8 Å². The van der Waals surface area contributed by atoms with Gasteiger partial charge >= 0.3 is 0 Å². The Morgan fingerprint density at radius 3 is 2.32 bits per heavy atom. The van der Waals surface area contributed by atoms with E-state index in [4.69, 9.17) is 41.2 Å². The number of hydrogen-bond donors (Lipinski definition) is 2. The Morgan fingerprint density at radius 2 is 1.74 bits per heavy atom. The molecule has 0 saturated carbocycles. The fraction of sp³-hybridized carbons (Fsp3) is 0. The SMILES string of the molecule is NC(=S)c1ccccc1Nc1c(Cl)cc(F)cc1Cl. The van der Waals surface area contributed by atoms with E-state index >= 15 is 0 Å². The quantitative estimate of drug-likeness (QED) is 0.819. The second kappa shape index (κ2) is 5.74. The Morgan fingerprint density at radius 1 is 1.16 bits per heavy atom. The summed E-state index contributed by atoms with van der Waals surface area (Å²) in [5.74, 6) is -0.497. The van der Waals surface area contributed by atoms with Crippen LogP contribution in [0.2, 0.25) is 10.0 Å². The molecule has 2 rings (SSSR count). The number of hydrogen-bond acceptors (Lipinski definition) is 2. The van der Waals surface area contributed by atoms with Gasteiger partial charge in [-0.1, -0.05) is 47.6 Å². The van der Waals surface area contributed by atoms with Crippen molar-refractivity contribution in [1.82, 2.24) is 0 Å². The maximum absolute atomic E-state index is 13.1. The predicted octanol–water partition coefficient (Wildman–Crippen LogP) is 4.51. The van der Waals surface area contributed by atoms with Crippen LogP contribution in [0.5, 0.6) is 0 Å². The zero-order valence-electron chi connectivity index (χ0n) is 9.58. The molecule has 0 amide bonds. The first-order valence-corrected chi connectivity index (χ1v) is 6.46. The van der Waals surface area contributed by atoms with Gasteiger partial charge in [-0.05, 0) is 24.3 Å². The number of rotatable bonds is 3. The van der Waals surface area contributed by atoms with Crippen LogP contribution in [-0.2, 0) is 0 Å². The Bertz CT molecular complexity index is 623. The van der Waals surface area contributed by atoms with Crippen LogP contribution in [0.3, 0.4) is 0 Å². The second-order valence-corrected chi connectivity index (χ2v) is 5.03. The minimum Gasteiger partial charge on any atom is -0.389 e. The summed E-state index contributed by atoms with van der Waals surface area (Å²) in [6.45, 7) is 0. The van der Waals surface area contributed by atoms with Gasteiger partial charge in [-0.3, -0.25) is 0 Å². The van der Waals surface area contributed by atoms with Crippen LogP contribution < -0.4 is 11.1 Å². The number of para-hydroxylation sites is 1. The number of anilines is 2. The van der Waals surface area contributed by atoms with Gasteiger partial charge in [-0.2, -0.15) is 0 Å². The maximum Gasteiger partial charge on any atom is 0.126 e. The van der Waals surface area contributed by atoms with Crippen molar-refractivity contribution in [3.63, 3.8) is 0 Å². The van der Waals surface area contributed by atoms with Crippen molar-refractivity contribution < 1.29 is 4.39 Å². The number of nitrogens with one attached hydrogen (secondary N) is 1. The molecule has 3 N–H and O–H groups in total. The van der Waals surface area contributed by atoms with E-state index in [9.17, 15) is 4.39 Å². The molecule has 0 aliphatic rings. The zero-order chi connectivity index (χ0) is 14.0. The van der Waals surface area contributed by atoms with Crippen LogP contribution in [-0.4, -0.2) is 4.99 Å². The van der Waals surface area contributed by atoms with Crippen LogP contribution in [0.1, 0.15) is 5.56 Å². The minimum atomic E-state index is -0.497. The summed E-state index contributed by atoms with van der Waals surface area (Å²) in [5.41, 5.74) is 7.36. The fourth-order valence-corrected chi connectivity index (χ4v) is 2.34. The summed E-state index contributed by atoms with van der Waals surface area (Å²) >= 11 is 16.9. The standard InChI is InChI=1S/C13H9Cl2FN2S/c14-9-5-7(16)6-10(15)12(9)18-11-4-2-1-3-8(11)13(17)19/h1-6,18H,(H2,17,19). The molecular weight excluding hydrogens is 306 g/mol. The van der Waals surface area contributed by atoms with Crippen LogP contribution in [0.15, 0.2) is 36.4 Å². The summed E-state index contributed by atoms with van der Waals surface area (Å²) in [7, 11) is 0. The van der Waals surface area contributed by atoms with Gasteiger partial charge in [0.2, 0.25) is 0 Å². The molecule has 0 fully saturated rings. The summed E-state index contributed by atoms with van der Waals surface area (Å²) in [6.07, 6.45) is 0. The van der Waals surface area contributed by atoms with E-state index in [1.165, 1.54) is 12.1 Å². The van der Waals surface area contributed by atoms with Crippen LogP contribution in [0, 0.1) is 5.82 Å². The normalized spacial score (nSPS) is 10.3. The van der Waals surface area contributed by atoms with Crippen molar-refractivity contribution in [3.05, 3.63) is 57.8 Å². The lowest BCUT2D eigenvalue weighted by Gasteiger charge is -2.13. The first kappa shape index (κ1) is 14.1. The highest BCUT2D eigenvalue weighted by Crippen LogP contribution is 2.34. The molecule has 0 bridgehead atoms. The average molecular weight is 315 g/mol. The number of halogens is 3. The molecule has 6 heteroatoms. The molecule has 0 aliphatic carbocycles. The van der Waals surface area contributed by atoms with Gasteiger partial charge in [0.25, 0.3) is 0 Å². The van der Waals surface area contributed by atoms with E-state index < -0.39 is 5.82 Å². The molecule has 0 aliphatic heterocycles. The summed E-state index contributed by atoms with van der Waals surface area (Å²) in [4.78, 5) is 0.248. The van der Waals surface area contributed by atoms with Gasteiger partial charge in [0.05, 0.1) is 15.7 Å². The molecule has 2 nitrogen and oxygen atoms in total. The summed E-state index contributed by atoms with van der Waals surface area (Å²) < 4.78 is 13.1. The third-order valence-electron chi connectivity index (χ3n) is 2.46. The van der Waals surface area contributed by atoms with Gasteiger partial charge < -0.3 is 11.1 Å². The third kappa shape index (κ3) is 3.15. The molecule has 0 radical (unpaired) electrons. The molecule has 19 heavy (non-hydrogen) atoms. The van der Waals surface area contributed by atoms with E-state index in [0.717, 1.165) is 0 Å². The molecule has 0 atom stereocenters. The van der Waals surface area contributed by atoms with Crippen molar-refractivity contribution >= 4 is 51.8 Å². The van der Waals surface area contributed by atoms with E-state index in [2.05, 4.69) is 5.32 Å². The average Bonchev–Trinajstić information content (AvgIpc) is 2.34. The first-order chi connectivity index (χ1) is 8.99. The molecule has 0 heterocycles. The lowest BCUT2D eigenvalue weighted by Crippen LogP contribution is -2.11. The Labute approximate surface area is 125 Å². The van der Waals surface area contributed by atoms with E-state index in [1.54, 1.807) is 12.1 Å². The smallest absolute Gasteiger partial charge is 0.126 e. The molecule has 0 unspecified atom stereocenters. The molecule has 2 aromatic rings. The van der Waals surface area contributed by atoms with E-state index in [1.807, 2.05) is 12.1 Å². The van der Waals surface area contributed by atoms with Crippen LogP contribution >= 0.6 is 35.4 Å². The van der Waals surface area contributed by atoms with E-state index in [-0.39, 0.29) is 15.0 Å². The van der Waals surface area contributed by atoms with Crippen LogP contribution in [0.4, 0.5) is 15.8 Å². The highest BCUT2D eigenvalue weighted by molar-refractivity contribution is 7.80. The Hall–Kier alpha value is -1.36. The van der Waals surface area contributed by atoms with Crippen molar-refractivity contribution in [2.45, 2.75) is 0 Å². The maximum atomic E-state index is 13.1. The molecule has 0 aromatic heterocycles. The van der Waals surface area contributed by atoms with Gasteiger partial charge in [-0.15, -0.1) is 0 Å². The Kier molecular flexibility index (Phi) is 4.24. The van der Waals surface area contributed by atoms with Crippen LogP contribution in [0.25, 0.3) is 0 Å². The van der Waals surface area contributed by atoms with Crippen molar-refractivity contribution in [2.75, 3.05) is 5.32 Å². The van der Waals surface area contributed by atoms with Gasteiger partial charge in [-0.25, -0.2) is 4.39 Å². The van der Waals surface area contributed by atoms with Gasteiger partial charge in [0.15, 0.2) is 0 Å². The monoisotopic (exact) mass is 314 g/mol. The lowest BCUT2D eigenvalue weighted by molar-refractivity contribution is 0.628. The molecule has 2 aromatic carbocycles. The zero-order valence-corrected chi connectivity index (χ0v) is 11.9. The third-order valence-corrected chi connectivity index (χ3v) is 3.28. The lowest BCUT2D eigenvalue weighted by atomic mass is 10.1. The largest absolute Gasteiger partial charge is 0.389 e. The summed E-state index contributed by atoms with van der Waals surface area (Å²) in [5, 5.41) is 3.39. The Balaban J connectivity index is 2.45. The molecule has 0 spiro atoms. The first-order valence-electron chi connectivity index (χ1n) is 5.29. The highest BCUT2D eigenvalue weighted by Gasteiger charge is 2.11. The topological polar surface area (TPSA) is 38.0 Å². The molecular formula is C13H9Cl2FN2S. The molecule has 0 saturated heterocycles. The number of thiocarbonyl (C=S) groups is 1. The molecule has 98 valence electrons. The highest BCUT2D eigenvalue weighted by atomic mass is 35.5. The van der Waals surface area contributed by atoms with Crippen molar-refractivity contribution in [3.8, 4) is 0 Å². The second-order valence-electron chi connectivity index (χ2n) is 3.78. The van der Waals surface area contributed by atoms with E-state index in [0.29, 0.717) is 16.9 Å². The van der Waals surface area contributed by atoms with Crippen molar-refractivity contribution in [1.29, 1.82) is 0 Å². The number of benzene rings is 2. The van der Waals surface area contributed by atoms with Gasteiger partial charge in [0, 0.05) is 11.3 Å². The fourth-order valence-electron chi connectivity index (χ4n) is 1.60. The number of nitrogens with two attached hydrogens (primary N) is 1.